The van der Waals surface area contributed by atoms with Crippen LogP contribution in [0.15, 0.2) is 71.6 Å². The van der Waals surface area contributed by atoms with Gasteiger partial charge in [0.25, 0.3) is 0 Å². The number of carbonyl (C=O) groups excluding carboxylic acids is 1. The molecule has 3 aromatic rings. The van der Waals surface area contributed by atoms with Crippen LogP contribution < -0.4 is 0 Å². The molecule has 240 valence electrons. The van der Waals surface area contributed by atoms with Gasteiger partial charge in [0.05, 0.1) is 22.9 Å². The summed E-state index contributed by atoms with van der Waals surface area (Å²) in [7, 11) is -4.71. The van der Waals surface area contributed by atoms with Crippen LogP contribution >= 0.6 is 0 Å². The Morgan fingerprint density at radius 3 is 2.20 bits per heavy atom. The number of benzene rings is 3. The summed E-state index contributed by atoms with van der Waals surface area (Å²) < 4.78 is 137. The number of sulfone groups is 1. The van der Waals surface area contributed by atoms with E-state index in [-0.39, 0.29) is 55.0 Å². The van der Waals surface area contributed by atoms with Crippen LogP contribution in [0.4, 0.5) is 35.1 Å². The number of aromatic carboxylic acids is 1. The SMILES string of the molecule is O=C(O)c1cccc(CC(=O)N2CCC3(S(=O)(=O)c4cccc(F)c4)c4ccc(C(F)(C(F)(F)F)C(F)(F)F)cc4CCC23)c1. The lowest BCUT2D eigenvalue weighted by Gasteiger charge is -2.43. The van der Waals surface area contributed by atoms with Crippen LogP contribution in [0.1, 0.15) is 45.5 Å². The van der Waals surface area contributed by atoms with Gasteiger partial charge in [-0.05, 0) is 66.3 Å². The molecule has 6 nitrogen and oxygen atoms in total. The Balaban J connectivity index is 1.65. The third-order valence-electron chi connectivity index (χ3n) is 8.50. The van der Waals surface area contributed by atoms with Crippen molar-refractivity contribution in [2.24, 2.45) is 0 Å². The molecule has 45 heavy (non-hydrogen) atoms. The summed E-state index contributed by atoms with van der Waals surface area (Å²) in [4.78, 5) is 25.6. The number of rotatable bonds is 6. The highest BCUT2D eigenvalue weighted by molar-refractivity contribution is 7.92. The van der Waals surface area contributed by atoms with Gasteiger partial charge in [-0.3, -0.25) is 4.79 Å². The van der Waals surface area contributed by atoms with Gasteiger partial charge < -0.3 is 10.0 Å². The number of hydrogen-bond donors (Lipinski definition) is 1. The maximum atomic E-state index is 15.0. The number of carboxylic acid groups (broad SMARTS) is 1. The topological polar surface area (TPSA) is 91.8 Å². The van der Waals surface area contributed by atoms with E-state index in [9.17, 15) is 58.2 Å². The number of nitrogens with zero attached hydrogens (tertiary/aromatic N) is 1. The van der Waals surface area contributed by atoms with Crippen molar-refractivity contribution in [3.8, 4) is 0 Å². The lowest BCUT2D eigenvalue weighted by Crippen LogP contribution is -2.53. The van der Waals surface area contributed by atoms with E-state index < -0.39 is 66.8 Å². The normalized spacial score (nSPS) is 20.4. The average molecular weight is 662 g/mol. The molecule has 0 bridgehead atoms. The molecule has 3 aromatic carbocycles. The summed E-state index contributed by atoms with van der Waals surface area (Å²) in [5.41, 5.74) is -7.84. The number of likely N-dealkylation sites (tertiary alicyclic amines) is 1. The number of halogens is 8. The smallest absolute Gasteiger partial charge is 0.435 e. The highest BCUT2D eigenvalue weighted by atomic mass is 32.2. The molecule has 2 atom stereocenters. The van der Waals surface area contributed by atoms with E-state index in [4.69, 9.17) is 0 Å². The summed E-state index contributed by atoms with van der Waals surface area (Å²) in [6, 6.07) is 9.45. The number of carbonyl (C=O) groups is 2. The average Bonchev–Trinajstić information content (AvgIpc) is 3.37. The first-order chi connectivity index (χ1) is 20.8. The van der Waals surface area contributed by atoms with Gasteiger partial charge in [-0.25, -0.2) is 22.0 Å². The van der Waals surface area contributed by atoms with E-state index >= 15 is 0 Å². The molecule has 0 aromatic heterocycles. The first kappa shape index (κ1) is 32.4. The molecule has 2 aliphatic rings. The molecule has 0 spiro atoms. The van der Waals surface area contributed by atoms with Crippen molar-refractivity contribution in [3.05, 3.63) is 100 Å². The first-order valence-corrected chi connectivity index (χ1v) is 14.9. The lowest BCUT2D eigenvalue weighted by atomic mass is 9.76. The fourth-order valence-electron chi connectivity index (χ4n) is 6.46. The minimum atomic E-state index is -6.39. The number of aryl methyl sites for hydroxylation is 1. The molecular weight excluding hydrogens is 638 g/mol. The third kappa shape index (κ3) is 5.04. The quantitative estimate of drug-likeness (QED) is 0.315. The fourth-order valence-corrected chi connectivity index (χ4v) is 8.86. The highest BCUT2D eigenvalue weighted by Gasteiger charge is 2.73. The second-order valence-electron chi connectivity index (χ2n) is 11.0. The maximum Gasteiger partial charge on any atom is 0.435 e. The fraction of sp³-hybridized carbons (Fsp3) is 0.333. The number of hydrogen-bond acceptors (Lipinski definition) is 4. The number of fused-ring (bicyclic) bond motifs is 3. The lowest BCUT2D eigenvalue weighted by molar-refractivity contribution is -0.348. The van der Waals surface area contributed by atoms with Gasteiger partial charge in [-0.2, -0.15) is 26.3 Å². The van der Waals surface area contributed by atoms with Crippen LogP contribution in [0, 0.1) is 5.82 Å². The number of carboxylic acids is 1. The van der Waals surface area contributed by atoms with E-state index in [0.717, 1.165) is 18.2 Å². The predicted octanol–water partition coefficient (Wildman–Crippen LogP) is 6.27. The van der Waals surface area contributed by atoms with Crippen molar-refractivity contribution >= 4 is 21.7 Å². The summed E-state index contributed by atoms with van der Waals surface area (Å²) in [6.45, 7) is -0.212. The highest BCUT2D eigenvalue weighted by Crippen LogP contribution is 2.56. The van der Waals surface area contributed by atoms with Crippen molar-refractivity contribution in [1.29, 1.82) is 0 Å². The van der Waals surface area contributed by atoms with Crippen LogP contribution in [-0.2, 0) is 37.9 Å². The monoisotopic (exact) mass is 661 g/mol. The van der Waals surface area contributed by atoms with Crippen molar-refractivity contribution in [1.82, 2.24) is 4.90 Å². The summed E-state index contributed by atoms with van der Waals surface area (Å²) in [5, 5.41) is 9.28. The Kier molecular flexibility index (Phi) is 7.78. The largest absolute Gasteiger partial charge is 0.478 e. The Labute approximate surface area is 251 Å². The van der Waals surface area contributed by atoms with Crippen molar-refractivity contribution in [2.45, 2.75) is 59.4 Å². The second kappa shape index (κ2) is 10.8. The van der Waals surface area contributed by atoms with Crippen LogP contribution in [0.5, 0.6) is 0 Å². The van der Waals surface area contributed by atoms with Crippen LogP contribution in [0.25, 0.3) is 0 Å². The van der Waals surface area contributed by atoms with Gasteiger partial charge in [0, 0.05) is 12.1 Å². The Morgan fingerprint density at radius 1 is 0.911 bits per heavy atom. The molecule has 1 N–H and O–H groups in total. The number of alkyl halides is 7. The molecule has 1 amide bonds. The van der Waals surface area contributed by atoms with Crippen LogP contribution in [0.3, 0.4) is 0 Å². The second-order valence-corrected chi connectivity index (χ2v) is 13.2. The molecule has 1 heterocycles. The zero-order valence-corrected chi connectivity index (χ0v) is 23.7. The minimum Gasteiger partial charge on any atom is -0.478 e. The van der Waals surface area contributed by atoms with Crippen molar-refractivity contribution in [2.75, 3.05) is 6.54 Å². The standard InChI is InChI=1S/C30H23F8NO5S/c31-21-5-2-6-22(16-21)45(43,44)27-11-12-39(25(40)14-17-3-1-4-19(13-17)26(41)42)24(27)10-7-18-15-20(8-9-23(18)27)28(32,29(33,34)35)30(36,37)38/h1-6,8-9,13,15-16,24H,7,10-12,14H2,(H,41,42). The number of amides is 1. The van der Waals surface area contributed by atoms with Gasteiger partial charge in [-0.15, -0.1) is 0 Å². The summed E-state index contributed by atoms with van der Waals surface area (Å²) >= 11 is 0. The van der Waals surface area contributed by atoms with E-state index in [1.807, 2.05) is 0 Å². The van der Waals surface area contributed by atoms with Gasteiger partial charge in [0.1, 0.15) is 10.6 Å². The van der Waals surface area contributed by atoms with Gasteiger partial charge in [0.2, 0.25) is 5.91 Å². The first-order valence-electron chi connectivity index (χ1n) is 13.4. The molecule has 1 saturated heterocycles. The molecule has 1 aliphatic heterocycles. The van der Waals surface area contributed by atoms with Gasteiger partial charge in [-0.1, -0.05) is 36.4 Å². The molecule has 5 rings (SSSR count). The molecule has 1 fully saturated rings. The van der Waals surface area contributed by atoms with Crippen LogP contribution in [-0.4, -0.2) is 55.2 Å². The molecule has 2 unspecified atom stereocenters. The van der Waals surface area contributed by atoms with Gasteiger partial charge in [0.15, 0.2) is 9.84 Å². The maximum absolute atomic E-state index is 15.0. The Bertz CT molecular complexity index is 1780. The molecular formula is C30H23F8NO5S. The zero-order chi connectivity index (χ0) is 33.2. The summed E-state index contributed by atoms with van der Waals surface area (Å²) in [5.74, 6) is -2.80. The third-order valence-corrected chi connectivity index (χ3v) is 11.0. The minimum absolute atomic E-state index is 0.103. The van der Waals surface area contributed by atoms with E-state index in [2.05, 4.69) is 0 Å². The zero-order valence-electron chi connectivity index (χ0n) is 22.9. The Morgan fingerprint density at radius 2 is 1.58 bits per heavy atom. The molecule has 0 radical (unpaired) electrons. The molecule has 0 saturated carbocycles. The molecule has 1 aliphatic carbocycles. The molecule has 15 heteroatoms. The Hall–Kier alpha value is -4.01. The van der Waals surface area contributed by atoms with Gasteiger partial charge >= 0.3 is 24.0 Å². The predicted molar refractivity (Wildman–Crippen MR) is 142 cm³/mol. The van der Waals surface area contributed by atoms with E-state index in [1.54, 1.807) is 0 Å². The van der Waals surface area contributed by atoms with Crippen molar-refractivity contribution in [3.63, 3.8) is 0 Å². The van der Waals surface area contributed by atoms with Crippen LogP contribution in [0.2, 0.25) is 0 Å². The van der Waals surface area contributed by atoms with E-state index in [1.165, 1.54) is 29.2 Å². The summed E-state index contributed by atoms with van der Waals surface area (Å²) in [6.07, 6.45) is -14.0. The van der Waals surface area contributed by atoms with Crippen molar-refractivity contribution < 1.29 is 58.2 Å². The van der Waals surface area contributed by atoms with E-state index in [0.29, 0.717) is 23.8 Å².